The summed E-state index contributed by atoms with van der Waals surface area (Å²) in [6, 6.07) is 0. The maximum atomic E-state index is 4.36. The van der Waals surface area contributed by atoms with E-state index in [-0.39, 0.29) is 0 Å². The third-order valence-electron chi connectivity index (χ3n) is 1.15. The number of hydrogen-bond donors (Lipinski definition) is 0. The summed E-state index contributed by atoms with van der Waals surface area (Å²) in [6.45, 7) is 0. The molecule has 2 rings (SSSR count). The van der Waals surface area contributed by atoms with Crippen molar-refractivity contribution in [2.75, 3.05) is 6.26 Å². The highest BCUT2D eigenvalue weighted by molar-refractivity contribution is 9.10. The predicted molar refractivity (Wildman–Crippen MR) is 54.8 cm³/mol. The minimum Gasteiger partial charge on any atom is -0.217 e. The standard InChI is InChI=1S/C5H3BrN2S3/c1-9-5-7-4-2(10-5)3(6)8-11-4/h1H3. The van der Waals surface area contributed by atoms with E-state index in [4.69, 9.17) is 0 Å². The highest BCUT2D eigenvalue weighted by Gasteiger charge is 2.08. The van der Waals surface area contributed by atoms with Gasteiger partial charge in [-0.15, -0.1) is 11.3 Å². The lowest BCUT2D eigenvalue weighted by atomic mass is 10.7. The van der Waals surface area contributed by atoms with Gasteiger partial charge in [0.15, 0.2) is 9.17 Å². The number of hydrogen-bond acceptors (Lipinski definition) is 5. The Morgan fingerprint density at radius 2 is 2.36 bits per heavy atom. The van der Waals surface area contributed by atoms with E-state index in [9.17, 15) is 0 Å². The van der Waals surface area contributed by atoms with Crippen molar-refractivity contribution < 1.29 is 0 Å². The normalized spacial score (nSPS) is 11.1. The Kier molecular flexibility index (Phi) is 2.18. The molecule has 0 saturated heterocycles. The minimum atomic E-state index is 0.926. The van der Waals surface area contributed by atoms with Crippen molar-refractivity contribution in [2.24, 2.45) is 0 Å². The lowest BCUT2D eigenvalue weighted by Gasteiger charge is -1.79. The van der Waals surface area contributed by atoms with E-state index < -0.39 is 0 Å². The molecule has 0 spiro atoms. The molecule has 2 aromatic heterocycles. The maximum absolute atomic E-state index is 4.36. The number of fused-ring (bicyclic) bond motifs is 1. The fourth-order valence-electron chi connectivity index (χ4n) is 0.692. The van der Waals surface area contributed by atoms with Crippen molar-refractivity contribution in [1.82, 2.24) is 9.36 Å². The van der Waals surface area contributed by atoms with Crippen LogP contribution in [0, 0.1) is 0 Å². The van der Waals surface area contributed by atoms with Gasteiger partial charge in [0.05, 0.1) is 0 Å². The van der Waals surface area contributed by atoms with Crippen molar-refractivity contribution in [2.45, 2.75) is 4.34 Å². The first-order chi connectivity index (χ1) is 5.31. The molecule has 0 amide bonds. The number of thiazole rings is 1. The third kappa shape index (κ3) is 1.32. The Bertz CT molecular complexity index is 380. The van der Waals surface area contributed by atoms with Gasteiger partial charge in [0, 0.05) is 0 Å². The zero-order chi connectivity index (χ0) is 7.84. The molecule has 0 saturated carbocycles. The van der Waals surface area contributed by atoms with Crippen LogP contribution in [0.15, 0.2) is 8.94 Å². The van der Waals surface area contributed by atoms with Gasteiger partial charge in [-0.05, 0) is 33.7 Å². The first-order valence-corrected chi connectivity index (χ1v) is 6.37. The van der Waals surface area contributed by atoms with Gasteiger partial charge in [-0.3, -0.25) is 0 Å². The van der Waals surface area contributed by atoms with Crippen molar-refractivity contribution in [3.8, 4) is 0 Å². The number of nitrogens with zero attached hydrogens (tertiary/aromatic N) is 2. The van der Waals surface area contributed by atoms with E-state index in [2.05, 4.69) is 25.3 Å². The van der Waals surface area contributed by atoms with Crippen LogP contribution in [0.5, 0.6) is 0 Å². The molecule has 58 valence electrons. The summed E-state index contributed by atoms with van der Waals surface area (Å²) in [5.41, 5.74) is 0. The fraction of sp³-hybridized carbons (Fsp3) is 0.200. The summed E-state index contributed by atoms with van der Waals surface area (Å²) in [5.74, 6) is 0. The molecular weight excluding hydrogens is 264 g/mol. The zero-order valence-electron chi connectivity index (χ0n) is 5.50. The van der Waals surface area contributed by atoms with E-state index in [1.165, 1.54) is 16.2 Å². The molecule has 11 heavy (non-hydrogen) atoms. The zero-order valence-corrected chi connectivity index (χ0v) is 9.53. The van der Waals surface area contributed by atoms with Gasteiger partial charge in [0.1, 0.15) is 9.30 Å². The summed E-state index contributed by atoms with van der Waals surface area (Å²) >= 11 is 8.17. The fourth-order valence-corrected chi connectivity index (χ4v) is 3.79. The molecule has 2 nitrogen and oxygen atoms in total. The lowest BCUT2D eigenvalue weighted by Crippen LogP contribution is -1.60. The topological polar surface area (TPSA) is 25.8 Å². The molecule has 0 radical (unpaired) electrons. The average Bonchev–Trinajstić information content (AvgIpc) is 2.53. The Labute approximate surface area is 84.3 Å². The van der Waals surface area contributed by atoms with Gasteiger partial charge < -0.3 is 0 Å². The molecular formula is C5H3BrN2S3. The molecule has 0 aromatic carbocycles. The van der Waals surface area contributed by atoms with Crippen LogP contribution in [0.4, 0.5) is 0 Å². The molecule has 0 aliphatic heterocycles. The van der Waals surface area contributed by atoms with Crippen LogP contribution in [0.3, 0.4) is 0 Å². The second-order valence-electron chi connectivity index (χ2n) is 1.79. The summed E-state index contributed by atoms with van der Waals surface area (Å²) in [6.07, 6.45) is 2.03. The van der Waals surface area contributed by atoms with Crippen molar-refractivity contribution >= 4 is 60.1 Å². The number of thioether (sulfide) groups is 1. The Balaban J connectivity index is 2.70. The Hall–Kier alpha value is 0.350. The van der Waals surface area contributed by atoms with E-state index in [1.54, 1.807) is 23.1 Å². The average molecular weight is 267 g/mol. The van der Waals surface area contributed by atoms with Crippen LogP contribution in [0.2, 0.25) is 0 Å². The Morgan fingerprint density at radius 1 is 1.55 bits per heavy atom. The summed E-state index contributed by atoms with van der Waals surface area (Å²) in [5, 5.41) is 0. The molecule has 0 atom stereocenters. The van der Waals surface area contributed by atoms with Gasteiger partial charge in [0.25, 0.3) is 0 Å². The van der Waals surface area contributed by atoms with E-state index in [0.717, 1.165) is 13.8 Å². The molecule has 6 heteroatoms. The molecule has 0 fully saturated rings. The van der Waals surface area contributed by atoms with Crippen LogP contribution >= 0.6 is 50.6 Å². The van der Waals surface area contributed by atoms with Gasteiger partial charge in [-0.2, -0.15) is 4.37 Å². The maximum Gasteiger partial charge on any atom is 0.156 e. The summed E-state index contributed by atoms with van der Waals surface area (Å²) in [7, 11) is 0. The van der Waals surface area contributed by atoms with Crippen LogP contribution in [-0.2, 0) is 0 Å². The highest BCUT2D eigenvalue weighted by Crippen LogP contribution is 2.35. The minimum absolute atomic E-state index is 0.926. The first kappa shape index (κ1) is 7.97. The Morgan fingerprint density at radius 3 is 3.00 bits per heavy atom. The molecule has 0 unspecified atom stereocenters. The molecule has 2 aromatic rings. The lowest BCUT2D eigenvalue weighted by molar-refractivity contribution is 1.33. The largest absolute Gasteiger partial charge is 0.217 e. The molecule has 0 aliphatic carbocycles. The van der Waals surface area contributed by atoms with Crippen molar-refractivity contribution in [3.05, 3.63) is 4.60 Å². The van der Waals surface area contributed by atoms with E-state index in [1.807, 2.05) is 6.26 Å². The number of aromatic nitrogens is 2. The van der Waals surface area contributed by atoms with Crippen molar-refractivity contribution in [1.29, 1.82) is 0 Å². The van der Waals surface area contributed by atoms with Gasteiger partial charge >= 0.3 is 0 Å². The third-order valence-corrected chi connectivity index (χ3v) is 5.14. The van der Waals surface area contributed by atoms with E-state index >= 15 is 0 Å². The van der Waals surface area contributed by atoms with Crippen molar-refractivity contribution in [3.63, 3.8) is 0 Å². The summed E-state index contributed by atoms with van der Waals surface area (Å²) in [4.78, 5) is 5.39. The van der Waals surface area contributed by atoms with Crippen LogP contribution in [0.25, 0.3) is 9.53 Å². The van der Waals surface area contributed by atoms with Gasteiger partial charge in [-0.1, -0.05) is 11.8 Å². The van der Waals surface area contributed by atoms with Crippen LogP contribution in [0.1, 0.15) is 0 Å². The second-order valence-corrected chi connectivity index (χ2v) is 5.35. The quantitative estimate of drug-likeness (QED) is 0.742. The second kappa shape index (κ2) is 3.01. The summed E-state index contributed by atoms with van der Waals surface area (Å²) < 4.78 is 7.33. The molecule has 0 bridgehead atoms. The van der Waals surface area contributed by atoms with Gasteiger partial charge in [0.2, 0.25) is 0 Å². The molecule has 0 aliphatic rings. The predicted octanol–water partition coefficient (Wildman–Crippen LogP) is 3.24. The number of halogens is 1. The van der Waals surface area contributed by atoms with E-state index in [0.29, 0.717) is 0 Å². The molecule has 0 N–H and O–H groups in total. The van der Waals surface area contributed by atoms with Crippen LogP contribution < -0.4 is 0 Å². The molecule has 2 heterocycles. The highest BCUT2D eigenvalue weighted by atomic mass is 79.9. The smallest absolute Gasteiger partial charge is 0.156 e. The van der Waals surface area contributed by atoms with Gasteiger partial charge in [-0.25, -0.2) is 4.98 Å². The van der Waals surface area contributed by atoms with Crippen LogP contribution in [-0.4, -0.2) is 15.6 Å². The number of rotatable bonds is 1. The first-order valence-electron chi connectivity index (χ1n) is 2.77. The monoisotopic (exact) mass is 266 g/mol. The SMILES string of the molecule is CSc1nc2snc(Br)c2s1.